The maximum Gasteiger partial charge on any atom is 0.193 e. The molecule has 0 bridgehead atoms. The van der Waals surface area contributed by atoms with Crippen LogP contribution >= 0.6 is 24.0 Å². The third-order valence-corrected chi connectivity index (χ3v) is 4.74. The molecule has 1 N–H and O–H groups in total. The Morgan fingerprint density at radius 2 is 2.00 bits per heavy atom. The molecule has 2 fully saturated rings. The van der Waals surface area contributed by atoms with E-state index < -0.39 is 0 Å². The molecule has 1 aromatic rings. The number of halogens is 1. The molecular weight excluding hydrogens is 415 g/mol. The Balaban J connectivity index is 0.00000208. The van der Waals surface area contributed by atoms with Crippen molar-refractivity contribution < 1.29 is 4.74 Å². The predicted octanol–water partition coefficient (Wildman–Crippen LogP) is 2.81. The van der Waals surface area contributed by atoms with E-state index in [1.807, 2.05) is 13.1 Å². The monoisotopic (exact) mass is 444 g/mol. The van der Waals surface area contributed by atoms with Crippen molar-refractivity contribution >= 4 is 35.6 Å². The lowest BCUT2D eigenvalue weighted by atomic mass is 10.2. The topological polar surface area (TPSA) is 40.1 Å². The molecule has 1 aliphatic carbocycles. The number of hydrogen-bond acceptors (Lipinski definition) is 3. The average Bonchev–Trinajstić information content (AvgIpc) is 3.43. The van der Waals surface area contributed by atoms with E-state index in [2.05, 4.69) is 38.3 Å². The molecule has 2 aliphatic rings. The zero-order valence-corrected chi connectivity index (χ0v) is 17.0. The van der Waals surface area contributed by atoms with Crippen LogP contribution < -0.4 is 15.0 Å². The minimum Gasteiger partial charge on any atom is -0.497 e. The summed E-state index contributed by atoms with van der Waals surface area (Å²) in [4.78, 5) is 9.22. The van der Waals surface area contributed by atoms with Gasteiger partial charge in [-0.3, -0.25) is 4.99 Å². The number of nitrogens with one attached hydrogen (secondary N) is 1. The van der Waals surface area contributed by atoms with Crippen molar-refractivity contribution in [2.24, 2.45) is 10.9 Å². The fourth-order valence-electron chi connectivity index (χ4n) is 3.11. The van der Waals surface area contributed by atoms with Gasteiger partial charge in [-0.05, 0) is 24.5 Å². The number of rotatable bonds is 5. The number of methoxy groups -OCH3 is 1. The molecule has 0 aromatic heterocycles. The van der Waals surface area contributed by atoms with Crippen LogP contribution in [-0.2, 0) is 0 Å². The summed E-state index contributed by atoms with van der Waals surface area (Å²) in [5, 5.41) is 3.52. The Bertz CT molecular complexity index is 540. The number of ether oxygens (including phenoxy) is 1. The first-order valence-electron chi connectivity index (χ1n) is 8.64. The molecule has 1 saturated heterocycles. The number of guanidine groups is 1. The summed E-state index contributed by atoms with van der Waals surface area (Å²) >= 11 is 0. The molecule has 3 rings (SSSR count). The molecule has 5 nitrogen and oxygen atoms in total. The van der Waals surface area contributed by atoms with Crippen LogP contribution in [0.25, 0.3) is 0 Å². The number of hydrogen-bond donors (Lipinski definition) is 1. The van der Waals surface area contributed by atoms with Crippen LogP contribution in [0.2, 0.25) is 0 Å². The standard InChI is InChI=1S/C18H28N4O.HI/c1-19-18(20-9-8-15-6-7-15)22-12-10-21(11-13-22)16-4-3-5-17(14-16)23-2;/h3-5,14-15H,6-13H2,1-2H3,(H,19,20);1H. The van der Waals surface area contributed by atoms with Crippen LogP contribution in [0.5, 0.6) is 5.75 Å². The van der Waals surface area contributed by atoms with Gasteiger partial charge >= 0.3 is 0 Å². The van der Waals surface area contributed by atoms with Crippen molar-refractivity contribution in [1.29, 1.82) is 0 Å². The quantitative estimate of drug-likeness (QED) is 0.431. The summed E-state index contributed by atoms with van der Waals surface area (Å²) in [6, 6.07) is 8.31. The fourth-order valence-corrected chi connectivity index (χ4v) is 3.11. The van der Waals surface area contributed by atoms with Gasteiger partial charge in [0.25, 0.3) is 0 Å². The van der Waals surface area contributed by atoms with Gasteiger partial charge in [0.15, 0.2) is 5.96 Å². The lowest BCUT2D eigenvalue weighted by molar-refractivity contribution is 0.371. The fraction of sp³-hybridized carbons (Fsp3) is 0.611. The molecule has 0 amide bonds. The SMILES string of the molecule is CN=C(NCCC1CC1)N1CCN(c2cccc(OC)c2)CC1.I. The van der Waals surface area contributed by atoms with Gasteiger partial charge in [-0.2, -0.15) is 0 Å². The lowest BCUT2D eigenvalue weighted by Gasteiger charge is -2.37. The summed E-state index contributed by atoms with van der Waals surface area (Å²) < 4.78 is 5.32. The number of nitrogens with zero attached hydrogens (tertiary/aromatic N) is 3. The van der Waals surface area contributed by atoms with Crippen LogP contribution in [0.4, 0.5) is 5.69 Å². The van der Waals surface area contributed by atoms with Crippen LogP contribution in [0, 0.1) is 5.92 Å². The minimum atomic E-state index is 0. The first-order valence-corrected chi connectivity index (χ1v) is 8.64. The number of anilines is 1. The van der Waals surface area contributed by atoms with Crippen molar-refractivity contribution in [2.45, 2.75) is 19.3 Å². The van der Waals surface area contributed by atoms with E-state index in [9.17, 15) is 0 Å². The summed E-state index contributed by atoms with van der Waals surface area (Å²) in [6.45, 7) is 5.07. The summed E-state index contributed by atoms with van der Waals surface area (Å²) in [5.41, 5.74) is 1.24. The van der Waals surface area contributed by atoms with Crippen molar-refractivity contribution in [3.05, 3.63) is 24.3 Å². The van der Waals surface area contributed by atoms with E-state index in [4.69, 9.17) is 4.74 Å². The molecule has 0 radical (unpaired) electrons. The molecular formula is C18H29IN4O. The van der Waals surface area contributed by atoms with Gasteiger partial charge in [-0.15, -0.1) is 24.0 Å². The maximum atomic E-state index is 5.32. The molecule has 1 saturated carbocycles. The highest BCUT2D eigenvalue weighted by Gasteiger charge is 2.22. The van der Waals surface area contributed by atoms with Gasteiger partial charge < -0.3 is 19.9 Å². The number of benzene rings is 1. The van der Waals surface area contributed by atoms with Crippen molar-refractivity contribution in [3.63, 3.8) is 0 Å². The molecule has 24 heavy (non-hydrogen) atoms. The number of aliphatic imine (C=N–C) groups is 1. The first-order chi connectivity index (χ1) is 11.3. The Kier molecular flexibility index (Phi) is 7.45. The normalized spacial score (nSPS) is 18.2. The van der Waals surface area contributed by atoms with Crippen molar-refractivity contribution in [2.75, 3.05) is 51.8 Å². The minimum absolute atomic E-state index is 0. The highest BCUT2D eigenvalue weighted by molar-refractivity contribution is 14.0. The third-order valence-electron chi connectivity index (χ3n) is 4.74. The molecule has 1 heterocycles. The Hall–Kier alpha value is -1.18. The Labute approximate surface area is 162 Å². The van der Waals surface area contributed by atoms with Crippen LogP contribution in [-0.4, -0.2) is 57.7 Å². The van der Waals surface area contributed by atoms with E-state index in [1.165, 1.54) is 24.9 Å². The van der Waals surface area contributed by atoms with Gasteiger partial charge in [-0.1, -0.05) is 18.9 Å². The second kappa shape index (κ2) is 9.34. The molecule has 134 valence electrons. The molecule has 0 spiro atoms. The zero-order valence-electron chi connectivity index (χ0n) is 14.7. The zero-order chi connectivity index (χ0) is 16.1. The van der Waals surface area contributed by atoms with Crippen molar-refractivity contribution in [3.8, 4) is 5.75 Å². The van der Waals surface area contributed by atoms with Gasteiger partial charge in [0.2, 0.25) is 0 Å². The van der Waals surface area contributed by atoms with Gasteiger partial charge in [0, 0.05) is 51.5 Å². The summed E-state index contributed by atoms with van der Waals surface area (Å²) in [5.74, 6) is 2.93. The molecule has 1 aliphatic heterocycles. The van der Waals surface area contributed by atoms with Crippen LogP contribution in [0.3, 0.4) is 0 Å². The second-order valence-electron chi connectivity index (χ2n) is 6.38. The summed E-state index contributed by atoms with van der Waals surface area (Å²) in [7, 11) is 3.60. The van der Waals surface area contributed by atoms with Crippen molar-refractivity contribution in [1.82, 2.24) is 10.2 Å². The maximum absolute atomic E-state index is 5.32. The smallest absolute Gasteiger partial charge is 0.193 e. The highest BCUT2D eigenvalue weighted by atomic mass is 127. The van der Waals surface area contributed by atoms with E-state index in [1.54, 1.807) is 7.11 Å². The Morgan fingerprint density at radius 1 is 1.25 bits per heavy atom. The predicted molar refractivity (Wildman–Crippen MR) is 111 cm³/mol. The van der Waals surface area contributed by atoms with E-state index in [0.29, 0.717) is 0 Å². The summed E-state index contributed by atoms with van der Waals surface area (Å²) in [6.07, 6.45) is 4.11. The number of piperazine rings is 1. The van der Waals surface area contributed by atoms with Gasteiger partial charge in [0.1, 0.15) is 5.75 Å². The third kappa shape index (κ3) is 5.16. The van der Waals surface area contributed by atoms with Gasteiger partial charge in [0.05, 0.1) is 7.11 Å². The van der Waals surface area contributed by atoms with Gasteiger partial charge in [-0.25, -0.2) is 0 Å². The van der Waals surface area contributed by atoms with E-state index >= 15 is 0 Å². The largest absolute Gasteiger partial charge is 0.497 e. The molecule has 0 atom stereocenters. The second-order valence-corrected chi connectivity index (χ2v) is 6.38. The molecule has 1 aromatic carbocycles. The molecule has 0 unspecified atom stereocenters. The van der Waals surface area contributed by atoms with Crippen LogP contribution in [0.15, 0.2) is 29.3 Å². The lowest BCUT2D eigenvalue weighted by Crippen LogP contribution is -2.52. The first kappa shape index (κ1) is 19.1. The van der Waals surface area contributed by atoms with E-state index in [-0.39, 0.29) is 24.0 Å². The van der Waals surface area contributed by atoms with E-state index in [0.717, 1.165) is 50.4 Å². The highest BCUT2D eigenvalue weighted by Crippen LogP contribution is 2.31. The Morgan fingerprint density at radius 3 is 2.62 bits per heavy atom. The van der Waals surface area contributed by atoms with Crippen LogP contribution in [0.1, 0.15) is 19.3 Å². The average molecular weight is 444 g/mol. The molecule has 6 heteroatoms.